The molecule has 76 valence electrons. The molecule has 0 amide bonds. The van der Waals surface area contributed by atoms with Crippen LogP contribution in [0.3, 0.4) is 0 Å². The lowest BCUT2D eigenvalue weighted by molar-refractivity contribution is 0.229. The first kappa shape index (κ1) is 12.6. The molecular weight excluding hydrogens is 187 g/mol. The van der Waals surface area contributed by atoms with Crippen molar-refractivity contribution in [2.45, 2.75) is 20.8 Å². The Balaban J connectivity index is 4.31. The molecule has 0 fully saturated rings. The Morgan fingerprint density at radius 2 is 1.69 bits per heavy atom. The van der Waals surface area contributed by atoms with Crippen LogP contribution in [-0.2, 0) is 13.6 Å². The van der Waals surface area contributed by atoms with Crippen molar-refractivity contribution in [1.29, 1.82) is 0 Å². The fourth-order valence-corrected chi connectivity index (χ4v) is 2.03. The lowest BCUT2D eigenvalue weighted by Gasteiger charge is -2.11. The van der Waals surface area contributed by atoms with E-state index in [0.29, 0.717) is 13.2 Å². The van der Waals surface area contributed by atoms with E-state index in [9.17, 15) is 4.57 Å². The maximum atomic E-state index is 11.7. The standard InChI is InChI=1S/C9H17O3P/c1-4-7-8-9-13(10,11-5-2)12-6-3/h4,7-9H,5-6H2,1-3H3. The fraction of sp³-hybridized carbons (Fsp3) is 0.556. The van der Waals surface area contributed by atoms with Gasteiger partial charge >= 0.3 is 7.60 Å². The van der Waals surface area contributed by atoms with E-state index in [4.69, 9.17) is 9.05 Å². The summed E-state index contributed by atoms with van der Waals surface area (Å²) in [6.45, 7) is 6.23. The van der Waals surface area contributed by atoms with E-state index >= 15 is 0 Å². The van der Waals surface area contributed by atoms with Gasteiger partial charge in [-0.3, -0.25) is 4.57 Å². The minimum atomic E-state index is -2.98. The zero-order valence-corrected chi connectivity index (χ0v) is 9.29. The third-order valence-electron chi connectivity index (χ3n) is 1.19. The molecule has 0 radical (unpaired) electrons. The van der Waals surface area contributed by atoms with E-state index in [1.165, 1.54) is 5.82 Å². The molecule has 13 heavy (non-hydrogen) atoms. The Morgan fingerprint density at radius 1 is 1.15 bits per heavy atom. The van der Waals surface area contributed by atoms with Crippen LogP contribution in [0.5, 0.6) is 0 Å². The molecule has 0 bridgehead atoms. The zero-order valence-electron chi connectivity index (χ0n) is 8.40. The Labute approximate surface area is 80.0 Å². The summed E-state index contributed by atoms with van der Waals surface area (Å²) in [5, 5.41) is 0. The lowest BCUT2D eigenvalue weighted by atomic mass is 10.5. The smallest absolute Gasteiger partial charge is 0.306 e. The van der Waals surface area contributed by atoms with Gasteiger partial charge in [0.2, 0.25) is 0 Å². The van der Waals surface area contributed by atoms with Gasteiger partial charge in [0.25, 0.3) is 0 Å². The monoisotopic (exact) mass is 204 g/mol. The van der Waals surface area contributed by atoms with E-state index in [1.54, 1.807) is 26.0 Å². The summed E-state index contributed by atoms with van der Waals surface area (Å²) < 4.78 is 21.8. The molecule has 0 aliphatic heterocycles. The van der Waals surface area contributed by atoms with Gasteiger partial charge in [0, 0.05) is 5.82 Å². The summed E-state index contributed by atoms with van der Waals surface area (Å²) in [6.07, 6.45) is 5.30. The van der Waals surface area contributed by atoms with E-state index in [1.807, 2.05) is 13.0 Å². The number of rotatable bonds is 6. The molecule has 0 aromatic heterocycles. The van der Waals surface area contributed by atoms with Gasteiger partial charge in [-0.15, -0.1) is 0 Å². The summed E-state index contributed by atoms with van der Waals surface area (Å²) >= 11 is 0. The van der Waals surface area contributed by atoms with Gasteiger partial charge in [-0.25, -0.2) is 0 Å². The SMILES string of the molecule is CC=CC=CP(=O)(OCC)OCC. The highest BCUT2D eigenvalue weighted by atomic mass is 31.2. The highest BCUT2D eigenvalue weighted by Gasteiger charge is 2.17. The molecule has 4 heteroatoms. The van der Waals surface area contributed by atoms with Crippen LogP contribution in [0, 0.1) is 0 Å². The Morgan fingerprint density at radius 3 is 2.08 bits per heavy atom. The molecule has 0 spiro atoms. The van der Waals surface area contributed by atoms with Gasteiger partial charge in [-0.05, 0) is 20.8 Å². The molecule has 0 atom stereocenters. The van der Waals surface area contributed by atoms with Crippen molar-refractivity contribution in [2.24, 2.45) is 0 Å². The molecule has 0 rings (SSSR count). The van der Waals surface area contributed by atoms with Gasteiger partial charge < -0.3 is 9.05 Å². The molecule has 0 unspecified atom stereocenters. The van der Waals surface area contributed by atoms with Crippen molar-refractivity contribution in [2.75, 3.05) is 13.2 Å². The maximum Gasteiger partial charge on any atom is 0.354 e. The molecular formula is C9H17O3P. The van der Waals surface area contributed by atoms with E-state index in [-0.39, 0.29) is 0 Å². The van der Waals surface area contributed by atoms with Crippen LogP contribution in [0.15, 0.2) is 24.0 Å². The average molecular weight is 204 g/mol. The molecule has 0 aromatic carbocycles. The second-order valence-electron chi connectivity index (χ2n) is 2.24. The molecule has 0 N–H and O–H groups in total. The van der Waals surface area contributed by atoms with Crippen LogP contribution in [0.4, 0.5) is 0 Å². The van der Waals surface area contributed by atoms with Gasteiger partial charge in [-0.1, -0.05) is 18.2 Å². The minimum absolute atomic E-state index is 0.386. The molecule has 0 heterocycles. The van der Waals surface area contributed by atoms with E-state index in [0.717, 1.165) is 0 Å². The van der Waals surface area contributed by atoms with Crippen molar-refractivity contribution in [3.63, 3.8) is 0 Å². The Hall–Kier alpha value is -0.370. The van der Waals surface area contributed by atoms with Crippen molar-refractivity contribution in [1.82, 2.24) is 0 Å². The summed E-state index contributed by atoms with van der Waals surface area (Å²) in [7, 11) is -2.98. The average Bonchev–Trinajstić information content (AvgIpc) is 2.05. The van der Waals surface area contributed by atoms with Crippen LogP contribution < -0.4 is 0 Å². The van der Waals surface area contributed by atoms with Crippen molar-refractivity contribution < 1.29 is 13.6 Å². The molecule has 0 saturated carbocycles. The van der Waals surface area contributed by atoms with Gasteiger partial charge in [0.05, 0.1) is 13.2 Å². The molecule has 0 aliphatic carbocycles. The zero-order chi connectivity index (χ0) is 10.2. The van der Waals surface area contributed by atoms with Crippen molar-refractivity contribution in [3.05, 3.63) is 24.0 Å². The second kappa shape index (κ2) is 7.07. The fourth-order valence-electron chi connectivity index (χ4n) is 0.749. The van der Waals surface area contributed by atoms with Gasteiger partial charge in [0.15, 0.2) is 0 Å². The predicted octanol–water partition coefficient (Wildman–Crippen LogP) is 3.34. The van der Waals surface area contributed by atoms with Gasteiger partial charge in [0.1, 0.15) is 0 Å². The first-order valence-corrected chi connectivity index (χ1v) is 5.99. The number of allylic oxidation sites excluding steroid dienone is 3. The third kappa shape index (κ3) is 5.81. The topological polar surface area (TPSA) is 35.5 Å². The lowest BCUT2D eigenvalue weighted by Crippen LogP contribution is -1.92. The first-order valence-electron chi connectivity index (χ1n) is 4.37. The normalized spacial score (nSPS) is 13.2. The van der Waals surface area contributed by atoms with Crippen LogP contribution in [-0.4, -0.2) is 13.2 Å². The van der Waals surface area contributed by atoms with Crippen LogP contribution in [0.1, 0.15) is 20.8 Å². The largest absolute Gasteiger partial charge is 0.354 e. The summed E-state index contributed by atoms with van der Waals surface area (Å²) in [4.78, 5) is 0. The van der Waals surface area contributed by atoms with Crippen LogP contribution in [0.25, 0.3) is 0 Å². The Kier molecular flexibility index (Phi) is 6.87. The van der Waals surface area contributed by atoms with E-state index in [2.05, 4.69) is 0 Å². The minimum Gasteiger partial charge on any atom is -0.306 e. The highest BCUT2D eigenvalue weighted by Crippen LogP contribution is 2.49. The summed E-state index contributed by atoms with van der Waals surface area (Å²) in [5.74, 6) is 1.47. The van der Waals surface area contributed by atoms with E-state index < -0.39 is 7.60 Å². The molecule has 0 saturated heterocycles. The quantitative estimate of drug-likeness (QED) is 0.491. The Bertz CT molecular complexity index is 211. The van der Waals surface area contributed by atoms with Crippen molar-refractivity contribution in [3.8, 4) is 0 Å². The van der Waals surface area contributed by atoms with Gasteiger partial charge in [-0.2, -0.15) is 0 Å². The van der Waals surface area contributed by atoms with Crippen molar-refractivity contribution >= 4 is 7.60 Å². The molecule has 3 nitrogen and oxygen atoms in total. The predicted molar refractivity (Wildman–Crippen MR) is 54.8 cm³/mol. The van der Waals surface area contributed by atoms with Crippen LogP contribution >= 0.6 is 7.60 Å². The molecule has 0 aliphatic rings. The highest BCUT2D eigenvalue weighted by molar-refractivity contribution is 7.57. The molecule has 0 aromatic rings. The summed E-state index contributed by atoms with van der Waals surface area (Å²) in [6, 6.07) is 0. The summed E-state index contributed by atoms with van der Waals surface area (Å²) in [5.41, 5.74) is 0. The first-order chi connectivity index (χ1) is 6.18. The number of hydrogen-bond donors (Lipinski definition) is 0. The third-order valence-corrected chi connectivity index (χ3v) is 2.96. The number of hydrogen-bond acceptors (Lipinski definition) is 3. The second-order valence-corrected chi connectivity index (χ2v) is 4.14. The van der Waals surface area contributed by atoms with Crippen LogP contribution in [0.2, 0.25) is 0 Å². The maximum absolute atomic E-state index is 11.7.